The van der Waals surface area contributed by atoms with Crippen LogP contribution in [-0.4, -0.2) is 7.18 Å². The molecule has 0 atom stereocenters. The number of hydrogen-bond donors (Lipinski definition) is 0. The van der Waals surface area contributed by atoms with E-state index in [9.17, 15) is 4.39 Å². The Kier molecular flexibility index (Phi) is 4.32. The summed E-state index contributed by atoms with van der Waals surface area (Å²) in [6, 6.07) is 0. The summed E-state index contributed by atoms with van der Waals surface area (Å²) in [5.74, 6) is 0. The highest BCUT2D eigenvalue weighted by molar-refractivity contribution is 7.08. The predicted molar refractivity (Wildman–Crippen MR) is 40.8 cm³/mol. The van der Waals surface area contributed by atoms with Crippen molar-refractivity contribution in [2.24, 2.45) is 0 Å². The number of aryl methyl sites for hydroxylation is 2. The maximum Gasteiger partial charge on any atom is 0.0785 e. The van der Waals surface area contributed by atoms with E-state index >= 15 is 0 Å². The first-order chi connectivity index (χ1) is 4.30. The van der Waals surface area contributed by atoms with Gasteiger partial charge >= 0.3 is 0 Å². The Balaban J connectivity index is 0.000000291. The van der Waals surface area contributed by atoms with E-state index in [0.717, 1.165) is 0 Å². The molecule has 0 amide bonds. The molecule has 0 aromatic carbocycles. The lowest BCUT2D eigenvalue weighted by molar-refractivity contribution is 0.636. The molecule has 1 aromatic heterocycles. The molecular weight excluding hydrogens is 135 g/mol. The summed E-state index contributed by atoms with van der Waals surface area (Å²) in [5.41, 5.74) is 2.81. The molecule has 2 heteroatoms. The van der Waals surface area contributed by atoms with Crippen LogP contribution in [-0.2, 0) is 0 Å². The third-order valence-corrected chi connectivity index (χ3v) is 2.09. The lowest BCUT2D eigenvalue weighted by Crippen LogP contribution is -1.63. The molecule has 0 radical (unpaired) electrons. The second-order valence-electron chi connectivity index (χ2n) is 1.74. The third kappa shape index (κ3) is 2.61. The average Bonchev–Trinajstić information content (AvgIpc) is 2.23. The van der Waals surface area contributed by atoms with Gasteiger partial charge in [0.25, 0.3) is 0 Å². The van der Waals surface area contributed by atoms with Gasteiger partial charge < -0.3 is 0 Å². The topological polar surface area (TPSA) is 0 Å². The second-order valence-corrected chi connectivity index (χ2v) is 2.48. The van der Waals surface area contributed by atoms with Crippen molar-refractivity contribution in [3.05, 3.63) is 21.9 Å². The fourth-order valence-electron chi connectivity index (χ4n) is 0.424. The van der Waals surface area contributed by atoms with E-state index in [-0.39, 0.29) is 0 Å². The molecule has 9 heavy (non-hydrogen) atoms. The van der Waals surface area contributed by atoms with Crippen molar-refractivity contribution in [2.45, 2.75) is 13.8 Å². The highest BCUT2D eigenvalue weighted by atomic mass is 32.1. The van der Waals surface area contributed by atoms with E-state index in [2.05, 4.69) is 24.6 Å². The Morgan fingerprint density at radius 2 is 1.44 bits per heavy atom. The number of alkyl halides is 1. The summed E-state index contributed by atoms with van der Waals surface area (Å²) in [5, 5.41) is 4.32. The first kappa shape index (κ1) is 8.63. The smallest absolute Gasteiger partial charge is 0.0785 e. The van der Waals surface area contributed by atoms with E-state index in [1.807, 2.05) is 0 Å². The maximum atomic E-state index is 9.50. The van der Waals surface area contributed by atoms with E-state index in [4.69, 9.17) is 0 Å². The summed E-state index contributed by atoms with van der Waals surface area (Å²) in [6.07, 6.45) is 0. The van der Waals surface area contributed by atoms with Crippen molar-refractivity contribution in [1.82, 2.24) is 0 Å². The Hall–Kier alpha value is -0.370. The van der Waals surface area contributed by atoms with Gasteiger partial charge in [-0.2, -0.15) is 11.3 Å². The van der Waals surface area contributed by atoms with Crippen LogP contribution < -0.4 is 0 Å². The first-order valence-corrected chi connectivity index (χ1v) is 3.62. The van der Waals surface area contributed by atoms with E-state index in [1.54, 1.807) is 11.3 Å². The van der Waals surface area contributed by atoms with Gasteiger partial charge in [0, 0.05) is 0 Å². The molecule has 0 saturated heterocycles. The van der Waals surface area contributed by atoms with Crippen molar-refractivity contribution >= 4 is 11.3 Å². The summed E-state index contributed by atoms with van der Waals surface area (Å²) >= 11 is 1.77. The molecule has 0 spiro atoms. The van der Waals surface area contributed by atoms with Crippen molar-refractivity contribution in [2.75, 3.05) is 7.18 Å². The lowest BCUT2D eigenvalue weighted by Gasteiger charge is -1.79. The number of thiophene rings is 1. The maximum absolute atomic E-state index is 9.50. The van der Waals surface area contributed by atoms with Gasteiger partial charge in [0.2, 0.25) is 0 Å². The molecule has 0 nitrogen and oxygen atoms in total. The molecule has 0 aliphatic heterocycles. The predicted octanol–water partition coefficient (Wildman–Crippen LogP) is 2.95. The number of halogens is 1. The molecule has 1 heterocycles. The van der Waals surface area contributed by atoms with Gasteiger partial charge in [-0.25, -0.2) is 0 Å². The first-order valence-electron chi connectivity index (χ1n) is 2.68. The van der Waals surface area contributed by atoms with Crippen LogP contribution in [0.4, 0.5) is 4.39 Å². The van der Waals surface area contributed by atoms with E-state index in [1.165, 1.54) is 11.1 Å². The minimum absolute atomic E-state index is 0.500. The van der Waals surface area contributed by atoms with Crippen LogP contribution in [0.2, 0.25) is 0 Å². The summed E-state index contributed by atoms with van der Waals surface area (Å²) < 4.78 is 9.50. The lowest BCUT2D eigenvalue weighted by atomic mass is 10.2. The van der Waals surface area contributed by atoms with Gasteiger partial charge in [-0.1, -0.05) is 0 Å². The third-order valence-electron chi connectivity index (χ3n) is 1.11. The highest BCUT2D eigenvalue weighted by Gasteiger charge is 1.86. The molecule has 0 aliphatic rings. The minimum atomic E-state index is 0.500. The van der Waals surface area contributed by atoms with Crippen LogP contribution >= 0.6 is 11.3 Å². The Labute approximate surface area is 59.3 Å². The van der Waals surface area contributed by atoms with Gasteiger partial charge in [0.05, 0.1) is 7.18 Å². The van der Waals surface area contributed by atoms with Crippen LogP contribution in [0.5, 0.6) is 0 Å². The zero-order valence-electron chi connectivity index (χ0n) is 5.94. The molecule has 0 N–H and O–H groups in total. The molecule has 1 aromatic rings. The van der Waals surface area contributed by atoms with E-state index < -0.39 is 0 Å². The molecular formula is C7H11FS. The zero-order valence-corrected chi connectivity index (χ0v) is 6.76. The fourth-order valence-corrected chi connectivity index (χ4v) is 1.27. The largest absolute Gasteiger partial charge is 0.255 e. The normalized spacial score (nSPS) is 8.00. The van der Waals surface area contributed by atoms with Crippen LogP contribution in [0.3, 0.4) is 0 Å². The van der Waals surface area contributed by atoms with Gasteiger partial charge in [0.15, 0.2) is 0 Å². The molecule has 52 valence electrons. The van der Waals surface area contributed by atoms with Gasteiger partial charge in [-0.15, -0.1) is 0 Å². The molecule has 0 aliphatic carbocycles. The molecule has 0 unspecified atom stereocenters. The standard InChI is InChI=1S/C6H8S.CH3F/c1-5-3-7-4-6(5)2;1-2/h3-4H,1-2H3;1H3. The number of hydrogen-bond acceptors (Lipinski definition) is 1. The molecule has 0 saturated carbocycles. The van der Waals surface area contributed by atoms with Gasteiger partial charge in [-0.3, -0.25) is 4.39 Å². The highest BCUT2D eigenvalue weighted by Crippen LogP contribution is 2.10. The van der Waals surface area contributed by atoms with Crippen LogP contribution in [0.1, 0.15) is 11.1 Å². The van der Waals surface area contributed by atoms with Crippen molar-refractivity contribution in [3.63, 3.8) is 0 Å². The Bertz CT molecular complexity index is 141. The van der Waals surface area contributed by atoms with Crippen LogP contribution in [0, 0.1) is 13.8 Å². The monoisotopic (exact) mass is 146 g/mol. The number of rotatable bonds is 0. The van der Waals surface area contributed by atoms with Crippen LogP contribution in [0.15, 0.2) is 10.8 Å². The summed E-state index contributed by atoms with van der Waals surface area (Å²) in [6.45, 7) is 4.26. The molecule has 1 rings (SSSR count). The molecule has 0 fully saturated rings. The van der Waals surface area contributed by atoms with Crippen molar-refractivity contribution in [3.8, 4) is 0 Å². The quantitative estimate of drug-likeness (QED) is 0.528. The van der Waals surface area contributed by atoms with Gasteiger partial charge in [0.1, 0.15) is 0 Å². The average molecular weight is 146 g/mol. The van der Waals surface area contributed by atoms with E-state index in [0.29, 0.717) is 7.18 Å². The zero-order chi connectivity index (χ0) is 7.28. The second kappa shape index (κ2) is 4.50. The van der Waals surface area contributed by atoms with Crippen molar-refractivity contribution < 1.29 is 4.39 Å². The van der Waals surface area contributed by atoms with Crippen molar-refractivity contribution in [1.29, 1.82) is 0 Å². The SMILES string of the molecule is CF.Cc1cscc1C. The minimum Gasteiger partial charge on any atom is -0.255 e. The Morgan fingerprint density at radius 3 is 1.56 bits per heavy atom. The fraction of sp³-hybridized carbons (Fsp3) is 0.429. The summed E-state index contributed by atoms with van der Waals surface area (Å²) in [7, 11) is 0.500. The Morgan fingerprint density at radius 1 is 1.11 bits per heavy atom. The van der Waals surface area contributed by atoms with Crippen LogP contribution in [0.25, 0.3) is 0 Å². The van der Waals surface area contributed by atoms with Gasteiger partial charge in [-0.05, 0) is 35.7 Å². The molecule has 0 bridgehead atoms. The summed E-state index contributed by atoms with van der Waals surface area (Å²) in [4.78, 5) is 0.